The first-order valence-corrected chi connectivity index (χ1v) is 7.94. The van der Waals surface area contributed by atoms with Crippen molar-refractivity contribution in [3.63, 3.8) is 0 Å². The van der Waals surface area contributed by atoms with Gasteiger partial charge in [-0.15, -0.1) is 0 Å². The Morgan fingerprint density at radius 2 is 1.47 bits per heavy atom. The third-order valence-corrected chi connectivity index (χ3v) is 4.09. The first-order valence-electron chi connectivity index (χ1n) is 7.94. The predicted octanol–water partition coefficient (Wildman–Crippen LogP) is 5.57. The van der Waals surface area contributed by atoms with Gasteiger partial charge in [0.15, 0.2) is 0 Å². The largest absolute Gasteiger partial charge is 0.289 e. The number of benzene rings is 1. The number of rotatable bonds is 1. The summed E-state index contributed by atoms with van der Waals surface area (Å²) in [5.41, 5.74) is 1.38. The first kappa shape index (κ1) is 14.3. The van der Waals surface area contributed by atoms with Gasteiger partial charge in [0.2, 0.25) is 0 Å². The lowest BCUT2D eigenvalue weighted by atomic mass is 9.97. The Kier molecular flexibility index (Phi) is 6.13. The smallest absolute Gasteiger partial charge is 0.0745 e. The molecule has 104 valence electrons. The van der Waals surface area contributed by atoms with E-state index in [2.05, 4.69) is 43.5 Å². The zero-order chi connectivity index (χ0) is 13.3. The fraction of sp³-hybridized carbons (Fsp3) is 0.611. The molecule has 0 fully saturated rings. The molecule has 0 aliphatic carbocycles. The first-order chi connectivity index (χ1) is 9.36. The van der Waals surface area contributed by atoms with Crippen LogP contribution in [0.5, 0.6) is 0 Å². The van der Waals surface area contributed by atoms with Gasteiger partial charge in [-0.25, -0.2) is 0 Å². The van der Waals surface area contributed by atoms with E-state index >= 15 is 0 Å². The molecule has 0 radical (unpaired) electrons. The molecule has 0 N–H and O–H groups in total. The predicted molar refractivity (Wildman–Crippen MR) is 83.8 cm³/mol. The normalized spacial score (nSPS) is 26.4. The van der Waals surface area contributed by atoms with Crippen LogP contribution in [0.2, 0.25) is 0 Å². The molecular weight excluding hydrogens is 230 g/mol. The lowest BCUT2D eigenvalue weighted by Gasteiger charge is -2.15. The molecule has 0 aromatic heterocycles. The van der Waals surface area contributed by atoms with Crippen LogP contribution in [0.4, 0.5) is 0 Å². The molecular formula is C18H27N. The Bertz CT molecular complexity index is 369. The molecule has 2 atom stereocenters. The highest BCUT2D eigenvalue weighted by Crippen LogP contribution is 2.25. The minimum atomic E-state index is 0.378. The number of hydrogen-bond donors (Lipinski definition) is 0. The molecule has 0 saturated carbocycles. The van der Waals surface area contributed by atoms with Crippen molar-refractivity contribution in [3.05, 3.63) is 35.9 Å². The summed E-state index contributed by atoms with van der Waals surface area (Å²) in [5, 5.41) is 0. The molecule has 1 heterocycles. The van der Waals surface area contributed by atoms with Crippen LogP contribution in [-0.2, 0) is 0 Å². The van der Waals surface area contributed by atoms with Crippen LogP contribution in [0.1, 0.15) is 69.9 Å². The third kappa shape index (κ3) is 5.18. The van der Waals surface area contributed by atoms with Gasteiger partial charge in [-0.1, -0.05) is 75.8 Å². The average molecular weight is 257 g/mol. The van der Waals surface area contributed by atoms with Gasteiger partial charge in [-0.05, 0) is 24.3 Å². The molecule has 0 spiro atoms. The van der Waals surface area contributed by atoms with Crippen LogP contribution in [0, 0.1) is 5.92 Å². The average Bonchev–Trinajstić information content (AvgIpc) is 2.44. The van der Waals surface area contributed by atoms with E-state index in [1.807, 2.05) is 0 Å². The minimum absolute atomic E-state index is 0.378. The monoisotopic (exact) mass is 257 g/mol. The second-order valence-corrected chi connectivity index (χ2v) is 5.90. The summed E-state index contributed by atoms with van der Waals surface area (Å²) in [7, 11) is 0. The van der Waals surface area contributed by atoms with Crippen molar-refractivity contribution in [2.45, 2.75) is 64.3 Å². The Balaban J connectivity index is 2.04. The van der Waals surface area contributed by atoms with Crippen LogP contribution >= 0.6 is 0 Å². The molecule has 2 unspecified atom stereocenters. The molecule has 1 aliphatic rings. The van der Waals surface area contributed by atoms with Crippen molar-refractivity contribution < 1.29 is 0 Å². The van der Waals surface area contributed by atoms with Gasteiger partial charge in [0, 0.05) is 6.21 Å². The zero-order valence-corrected chi connectivity index (χ0v) is 12.2. The molecule has 1 aliphatic heterocycles. The summed E-state index contributed by atoms with van der Waals surface area (Å²) in [6.45, 7) is 2.30. The van der Waals surface area contributed by atoms with E-state index in [-0.39, 0.29) is 0 Å². The summed E-state index contributed by atoms with van der Waals surface area (Å²) in [4.78, 5) is 4.88. The quantitative estimate of drug-likeness (QED) is 0.623. The Morgan fingerprint density at radius 1 is 0.842 bits per heavy atom. The number of nitrogens with zero attached hydrogens (tertiary/aromatic N) is 1. The van der Waals surface area contributed by atoms with E-state index in [1.165, 1.54) is 56.9 Å². The van der Waals surface area contributed by atoms with Crippen molar-refractivity contribution in [2.24, 2.45) is 10.9 Å². The maximum atomic E-state index is 4.88. The summed E-state index contributed by atoms with van der Waals surface area (Å²) in [6.07, 6.45) is 13.0. The van der Waals surface area contributed by atoms with Crippen molar-refractivity contribution in [3.8, 4) is 0 Å². The zero-order valence-electron chi connectivity index (χ0n) is 12.2. The Morgan fingerprint density at radius 3 is 2.21 bits per heavy atom. The molecule has 1 aromatic carbocycles. The van der Waals surface area contributed by atoms with Crippen molar-refractivity contribution >= 4 is 6.21 Å². The lowest BCUT2D eigenvalue weighted by Crippen LogP contribution is -2.02. The number of aliphatic imine (C=N–C) groups is 1. The maximum Gasteiger partial charge on any atom is 0.0745 e. The highest BCUT2D eigenvalue weighted by Gasteiger charge is 2.10. The third-order valence-electron chi connectivity index (χ3n) is 4.09. The molecule has 0 bridgehead atoms. The van der Waals surface area contributed by atoms with E-state index in [4.69, 9.17) is 4.99 Å². The topological polar surface area (TPSA) is 12.4 Å². The van der Waals surface area contributed by atoms with Crippen LogP contribution in [-0.4, -0.2) is 6.21 Å². The maximum absolute atomic E-state index is 4.88. The standard InChI is InChI=1S/C18H27N/c1-16-11-7-4-2-3-5-10-14-18(19-15-16)17-12-8-6-9-13-17/h6,8-9,12-13,15-16,18H,2-5,7,10-11,14H2,1H3. The Hall–Kier alpha value is -1.11. The minimum Gasteiger partial charge on any atom is -0.289 e. The van der Waals surface area contributed by atoms with Gasteiger partial charge >= 0.3 is 0 Å². The molecule has 1 nitrogen and oxygen atoms in total. The highest BCUT2D eigenvalue weighted by atomic mass is 14.8. The summed E-state index contributed by atoms with van der Waals surface area (Å²) in [5.74, 6) is 0.630. The fourth-order valence-corrected chi connectivity index (χ4v) is 2.84. The van der Waals surface area contributed by atoms with Gasteiger partial charge < -0.3 is 0 Å². The van der Waals surface area contributed by atoms with Crippen LogP contribution in [0.3, 0.4) is 0 Å². The Labute approximate surface area is 118 Å². The molecule has 19 heavy (non-hydrogen) atoms. The van der Waals surface area contributed by atoms with Gasteiger partial charge in [0.1, 0.15) is 0 Å². The van der Waals surface area contributed by atoms with E-state index in [1.54, 1.807) is 0 Å². The second-order valence-electron chi connectivity index (χ2n) is 5.90. The van der Waals surface area contributed by atoms with Crippen LogP contribution < -0.4 is 0 Å². The van der Waals surface area contributed by atoms with E-state index in [0.717, 1.165) is 0 Å². The van der Waals surface area contributed by atoms with Crippen molar-refractivity contribution in [2.75, 3.05) is 0 Å². The molecule has 0 saturated heterocycles. The van der Waals surface area contributed by atoms with Crippen molar-refractivity contribution in [1.82, 2.24) is 0 Å². The van der Waals surface area contributed by atoms with Gasteiger partial charge in [-0.3, -0.25) is 4.99 Å². The molecule has 1 heteroatoms. The van der Waals surface area contributed by atoms with E-state index in [9.17, 15) is 0 Å². The lowest BCUT2D eigenvalue weighted by molar-refractivity contribution is 0.516. The summed E-state index contributed by atoms with van der Waals surface area (Å²) < 4.78 is 0. The van der Waals surface area contributed by atoms with Crippen molar-refractivity contribution in [1.29, 1.82) is 0 Å². The molecule has 2 rings (SSSR count). The SMILES string of the molecule is CC1C=NC(c2ccccc2)CCCCCCCC1. The highest BCUT2D eigenvalue weighted by molar-refractivity contribution is 5.60. The fourth-order valence-electron chi connectivity index (χ4n) is 2.84. The van der Waals surface area contributed by atoms with Gasteiger partial charge in [0.05, 0.1) is 6.04 Å². The van der Waals surface area contributed by atoms with E-state index in [0.29, 0.717) is 12.0 Å². The molecule has 1 aromatic rings. The van der Waals surface area contributed by atoms with Gasteiger partial charge in [0.25, 0.3) is 0 Å². The van der Waals surface area contributed by atoms with Gasteiger partial charge in [-0.2, -0.15) is 0 Å². The van der Waals surface area contributed by atoms with Crippen LogP contribution in [0.25, 0.3) is 0 Å². The summed E-state index contributed by atoms with van der Waals surface area (Å²) in [6, 6.07) is 11.2. The number of hydrogen-bond acceptors (Lipinski definition) is 1. The molecule has 0 amide bonds. The van der Waals surface area contributed by atoms with Crippen LogP contribution in [0.15, 0.2) is 35.3 Å². The summed E-state index contributed by atoms with van der Waals surface area (Å²) >= 11 is 0. The second kappa shape index (κ2) is 8.14. The van der Waals surface area contributed by atoms with E-state index < -0.39 is 0 Å².